The first-order valence-corrected chi connectivity index (χ1v) is 19.7. The van der Waals surface area contributed by atoms with Crippen LogP contribution in [-0.4, -0.2) is 25.9 Å². The number of halogens is 2. The monoisotopic (exact) mass is 826 g/mol. The molecule has 0 atom stereocenters. The minimum Gasteiger partial charge on any atom is -0.355 e. The molecule has 0 aromatic heterocycles. The van der Waals surface area contributed by atoms with Crippen LogP contribution in [0, 0.1) is 41.5 Å². The van der Waals surface area contributed by atoms with Gasteiger partial charge in [-0.25, -0.2) is 0 Å². The first kappa shape index (κ1) is 36.8. The molecule has 256 valence electrons. The van der Waals surface area contributed by atoms with Crippen molar-refractivity contribution in [3.05, 3.63) is 138 Å². The molecule has 0 spiro atoms. The zero-order chi connectivity index (χ0) is 36.0. The Morgan fingerprint density at radius 3 is 1.24 bits per heavy atom. The van der Waals surface area contributed by atoms with Gasteiger partial charge in [0.25, 0.3) is 20.2 Å². The quantitative estimate of drug-likeness (QED) is 0.0853. The molecule has 0 heterocycles. The molecule has 5 rings (SSSR count). The predicted molar refractivity (Wildman–Crippen MR) is 203 cm³/mol. The summed E-state index contributed by atoms with van der Waals surface area (Å²) in [6.07, 6.45) is 0. The Bertz CT molecular complexity index is 2190. The molecule has 49 heavy (non-hydrogen) atoms. The van der Waals surface area contributed by atoms with Gasteiger partial charge in [0.2, 0.25) is 0 Å². The highest BCUT2D eigenvalue weighted by Gasteiger charge is 2.29. The Morgan fingerprint density at radius 2 is 0.898 bits per heavy atom. The summed E-state index contributed by atoms with van der Waals surface area (Å²) in [5, 5.41) is 7.01. The maximum atomic E-state index is 12.8. The zero-order valence-corrected chi connectivity index (χ0v) is 32.5. The van der Waals surface area contributed by atoms with E-state index in [9.17, 15) is 25.9 Å². The molecule has 0 amide bonds. The van der Waals surface area contributed by atoms with E-state index in [0.717, 1.165) is 88.3 Å². The second-order valence-corrected chi connectivity index (χ2v) is 16.9. The van der Waals surface area contributed by atoms with E-state index >= 15 is 0 Å². The number of hydrogen-bond donors (Lipinski definition) is 4. The summed E-state index contributed by atoms with van der Waals surface area (Å²) in [5.74, 6) is -0.747. The van der Waals surface area contributed by atoms with Gasteiger partial charge in [-0.15, -0.1) is 0 Å². The fourth-order valence-electron chi connectivity index (χ4n) is 6.30. The number of benzene rings is 5. The van der Waals surface area contributed by atoms with Crippen molar-refractivity contribution in [2.45, 2.75) is 57.3 Å². The van der Waals surface area contributed by atoms with Crippen molar-refractivity contribution in [2.24, 2.45) is 0 Å². The van der Waals surface area contributed by atoms with Gasteiger partial charge >= 0.3 is 0 Å². The summed E-state index contributed by atoms with van der Waals surface area (Å²) >= 11 is 7.09. The molecule has 0 unspecified atom stereocenters. The van der Waals surface area contributed by atoms with Gasteiger partial charge in [0.1, 0.15) is 0 Å². The molecule has 5 aromatic carbocycles. The fourth-order valence-corrected chi connectivity index (χ4v) is 9.01. The number of rotatable bonds is 9. The minimum absolute atomic E-state index is 0.154. The molecule has 0 aliphatic carbocycles. The lowest BCUT2D eigenvalue weighted by atomic mass is 9.81. The van der Waals surface area contributed by atoms with Gasteiger partial charge in [-0.2, -0.15) is 16.8 Å². The van der Waals surface area contributed by atoms with E-state index in [-0.39, 0.29) is 5.56 Å². The molecule has 0 radical (unpaired) electrons. The van der Waals surface area contributed by atoms with Crippen molar-refractivity contribution in [3.8, 4) is 0 Å². The van der Waals surface area contributed by atoms with Crippen LogP contribution in [0.15, 0.2) is 97.6 Å². The number of hydrogen-bond acceptors (Lipinski definition) is 6. The molecule has 8 nitrogen and oxygen atoms in total. The topological polar surface area (TPSA) is 133 Å². The first-order chi connectivity index (χ1) is 22.8. The molecule has 0 bridgehead atoms. The Morgan fingerprint density at radius 1 is 0.510 bits per heavy atom. The van der Waals surface area contributed by atoms with Gasteiger partial charge in [0.15, 0.2) is 0 Å². The van der Waals surface area contributed by atoms with Crippen LogP contribution in [0.4, 0.5) is 22.7 Å². The van der Waals surface area contributed by atoms with E-state index < -0.39 is 35.9 Å². The van der Waals surface area contributed by atoms with Crippen LogP contribution in [-0.2, 0) is 20.2 Å². The van der Waals surface area contributed by atoms with E-state index in [4.69, 9.17) is 0 Å². The van der Waals surface area contributed by atoms with Crippen molar-refractivity contribution in [1.82, 2.24) is 0 Å². The van der Waals surface area contributed by atoms with E-state index in [0.29, 0.717) is 0 Å². The zero-order valence-electron chi connectivity index (χ0n) is 27.7. The van der Waals surface area contributed by atoms with Crippen LogP contribution < -0.4 is 10.6 Å². The van der Waals surface area contributed by atoms with E-state index in [2.05, 4.69) is 42.5 Å². The summed E-state index contributed by atoms with van der Waals surface area (Å²) in [6, 6.07) is 22.9. The van der Waals surface area contributed by atoms with Gasteiger partial charge < -0.3 is 10.6 Å². The van der Waals surface area contributed by atoms with Crippen LogP contribution in [0.3, 0.4) is 0 Å². The highest BCUT2D eigenvalue weighted by atomic mass is 79.9. The molecular formula is C37H36Br2N2O6S2. The van der Waals surface area contributed by atoms with Gasteiger partial charge in [0, 0.05) is 37.6 Å². The third-order valence-corrected chi connectivity index (χ3v) is 11.2. The van der Waals surface area contributed by atoms with Gasteiger partial charge in [-0.05, 0) is 152 Å². The predicted octanol–water partition coefficient (Wildman–Crippen LogP) is 10.2. The maximum Gasteiger partial charge on any atom is 0.294 e. The van der Waals surface area contributed by atoms with Gasteiger partial charge in [0.05, 0.1) is 9.79 Å². The van der Waals surface area contributed by atoms with Crippen LogP contribution in [0.2, 0.25) is 0 Å². The molecule has 0 saturated carbocycles. The molecule has 4 N–H and O–H groups in total. The Balaban J connectivity index is 1.68. The molecule has 0 aliphatic rings. The van der Waals surface area contributed by atoms with Crippen molar-refractivity contribution < 1.29 is 25.9 Å². The van der Waals surface area contributed by atoms with Crippen LogP contribution in [0.25, 0.3) is 0 Å². The summed E-state index contributed by atoms with van der Waals surface area (Å²) in [4.78, 5) is -1.26. The average molecular weight is 829 g/mol. The Hall–Kier alpha value is -3.52. The summed E-state index contributed by atoms with van der Waals surface area (Å²) in [7, 11) is -9.70. The average Bonchev–Trinajstić information content (AvgIpc) is 2.98. The summed E-state index contributed by atoms with van der Waals surface area (Å²) in [5.41, 5.74) is 11.1. The third kappa shape index (κ3) is 8.11. The molecule has 5 aromatic rings. The lowest BCUT2D eigenvalue weighted by Gasteiger charge is -2.26. The van der Waals surface area contributed by atoms with Crippen molar-refractivity contribution in [2.75, 3.05) is 10.6 Å². The lowest BCUT2D eigenvalue weighted by Crippen LogP contribution is -2.14. The second-order valence-electron chi connectivity index (χ2n) is 12.3. The molecular weight excluding hydrogens is 792 g/mol. The third-order valence-electron chi connectivity index (χ3n) is 8.57. The Kier molecular flexibility index (Phi) is 10.5. The van der Waals surface area contributed by atoms with E-state index in [1.807, 2.05) is 102 Å². The minimum atomic E-state index is -4.93. The second kappa shape index (κ2) is 14.0. The van der Waals surface area contributed by atoms with Crippen molar-refractivity contribution in [1.29, 1.82) is 0 Å². The number of nitrogens with one attached hydrogen (secondary N) is 2. The fraction of sp³-hybridized carbons (Fsp3) is 0.189. The smallest absolute Gasteiger partial charge is 0.294 e. The summed E-state index contributed by atoms with van der Waals surface area (Å²) < 4.78 is 71.7. The maximum absolute atomic E-state index is 12.8. The van der Waals surface area contributed by atoms with E-state index in [1.165, 1.54) is 6.07 Å². The van der Waals surface area contributed by atoms with E-state index in [1.54, 1.807) is 0 Å². The van der Waals surface area contributed by atoms with Gasteiger partial charge in [-0.3, -0.25) is 9.11 Å². The highest BCUT2D eigenvalue weighted by molar-refractivity contribution is 9.10. The van der Waals surface area contributed by atoms with Crippen molar-refractivity contribution >= 4 is 74.8 Å². The van der Waals surface area contributed by atoms with Crippen LogP contribution >= 0.6 is 31.9 Å². The number of aryl methyl sites for hydroxylation is 6. The molecule has 0 fully saturated rings. The Labute approximate surface area is 304 Å². The van der Waals surface area contributed by atoms with Crippen LogP contribution in [0.1, 0.15) is 56.0 Å². The SMILES string of the molecule is Cc1cc(Nc2c(C)cc(Br)cc2C)ccc1C(c1ccc(Nc2c(C)cc(Br)cc2C)cc1C)c1ccc(S(=O)(=O)O)cc1S(=O)(=O)O. The number of anilines is 4. The highest BCUT2D eigenvalue weighted by Crippen LogP contribution is 2.41. The standard InChI is InChI=1S/C37H36Br2N2O6S2/c1-20-17-28(40-36-22(3)13-26(38)14-23(36)4)7-10-31(20)35(33-12-9-30(48(42,43)44)19-34(33)49(45,46)47)32-11-8-29(18-21(32)2)41-37-24(5)15-27(39)16-25(37)6/h7-19,35,40-41H,1-6H3,(H,42,43,44)(H,45,46,47). The molecule has 12 heteroatoms. The van der Waals surface area contributed by atoms with Crippen LogP contribution in [0.5, 0.6) is 0 Å². The summed E-state index contributed by atoms with van der Waals surface area (Å²) in [6.45, 7) is 11.9. The van der Waals surface area contributed by atoms with Gasteiger partial charge in [-0.1, -0.05) is 50.1 Å². The molecule has 0 aliphatic heterocycles. The first-order valence-electron chi connectivity index (χ1n) is 15.2. The largest absolute Gasteiger partial charge is 0.355 e. The van der Waals surface area contributed by atoms with Crippen molar-refractivity contribution in [3.63, 3.8) is 0 Å². The normalized spacial score (nSPS) is 12.0. The molecule has 0 saturated heterocycles. The lowest BCUT2D eigenvalue weighted by molar-refractivity contribution is 0.480.